The molecule has 4 heteroatoms. The van der Waals surface area contributed by atoms with Gasteiger partial charge in [0.15, 0.2) is 0 Å². The van der Waals surface area contributed by atoms with Crippen molar-refractivity contribution in [3.63, 3.8) is 0 Å². The minimum atomic E-state index is -0.466. The highest BCUT2D eigenvalue weighted by Crippen LogP contribution is 2.26. The number of rotatable bonds is 2. The van der Waals surface area contributed by atoms with Gasteiger partial charge >= 0.3 is 0 Å². The number of aliphatic hydroxyl groups excluding tert-OH is 1. The number of aliphatic hydroxyl groups is 1. The first-order chi connectivity index (χ1) is 8.59. The van der Waals surface area contributed by atoms with Crippen molar-refractivity contribution in [2.75, 3.05) is 31.1 Å². The minimum Gasteiger partial charge on any atom is -0.389 e. The van der Waals surface area contributed by atoms with Crippen molar-refractivity contribution in [1.29, 1.82) is 0 Å². The summed E-state index contributed by atoms with van der Waals surface area (Å²) < 4.78 is 0. The molecule has 4 nitrogen and oxygen atoms in total. The lowest BCUT2D eigenvalue weighted by molar-refractivity contribution is -0.129. The van der Waals surface area contributed by atoms with E-state index in [4.69, 9.17) is 0 Å². The Morgan fingerprint density at radius 3 is 2.39 bits per heavy atom. The molecular weight excluding hydrogens is 228 g/mol. The number of amides is 1. The predicted octanol–water partition coefficient (Wildman–Crippen LogP) is 1.41. The van der Waals surface area contributed by atoms with Crippen LogP contribution in [0.25, 0.3) is 0 Å². The molecule has 0 radical (unpaired) electrons. The van der Waals surface area contributed by atoms with Crippen LogP contribution in [0, 0.1) is 0 Å². The number of carbonyl (C=O) groups excluding carboxylic acids is 1. The third kappa shape index (κ3) is 2.64. The highest BCUT2D eigenvalue weighted by atomic mass is 16.3. The second-order valence-corrected chi connectivity index (χ2v) is 4.73. The Morgan fingerprint density at radius 1 is 1.22 bits per heavy atom. The fraction of sp³-hybridized carbons (Fsp3) is 0.500. The number of nitrogens with zero attached hydrogens (tertiary/aromatic N) is 2. The van der Waals surface area contributed by atoms with Gasteiger partial charge in [-0.2, -0.15) is 0 Å². The number of hydrogen-bond donors (Lipinski definition) is 1. The van der Waals surface area contributed by atoms with Crippen molar-refractivity contribution in [3.8, 4) is 0 Å². The molecular formula is C14H20N2O2. The number of piperazine rings is 1. The summed E-state index contributed by atoms with van der Waals surface area (Å²) in [7, 11) is 0. The maximum absolute atomic E-state index is 11.3. The molecule has 1 aromatic rings. The first-order valence-corrected chi connectivity index (χ1v) is 6.37. The smallest absolute Gasteiger partial charge is 0.219 e. The first kappa shape index (κ1) is 12.9. The standard InChI is InChI=1S/C14H20N2O2/c1-11(17)13-5-3-4-6-14(13)16-9-7-15(8-10-16)12(2)18/h3-6,11,17H,7-10H2,1-2H3/t11-/m0/s1. The number of carbonyl (C=O) groups is 1. The third-order valence-electron chi connectivity index (χ3n) is 3.45. The molecule has 1 aliphatic heterocycles. The van der Waals surface area contributed by atoms with E-state index in [1.807, 2.05) is 29.2 Å². The van der Waals surface area contributed by atoms with Crippen LogP contribution in [-0.2, 0) is 4.79 Å². The summed E-state index contributed by atoms with van der Waals surface area (Å²) in [5.41, 5.74) is 2.03. The Kier molecular flexibility index (Phi) is 3.87. The van der Waals surface area contributed by atoms with Gasteiger partial charge < -0.3 is 14.9 Å². The SMILES string of the molecule is CC(=O)N1CCN(c2ccccc2[C@H](C)O)CC1. The van der Waals surface area contributed by atoms with Gasteiger partial charge in [-0.3, -0.25) is 4.79 Å². The zero-order valence-electron chi connectivity index (χ0n) is 11.0. The van der Waals surface area contributed by atoms with E-state index in [-0.39, 0.29) is 5.91 Å². The van der Waals surface area contributed by atoms with Gasteiger partial charge in [-0.05, 0) is 13.0 Å². The van der Waals surface area contributed by atoms with E-state index >= 15 is 0 Å². The Hall–Kier alpha value is -1.55. The van der Waals surface area contributed by atoms with Crippen molar-refractivity contribution in [2.24, 2.45) is 0 Å². The summed E-state index contributed by atoms with van der Waals surface area (Å²) in [6.45, 7) is 6.55. The second-order valence-electron chi connectivity index (χ2n) is 4.73. The molecule has 1 aromatic carbocycles. The fourth-order valence-corrected chi connectivity index (χ4v) is 2.39. The molecule has 2 rings (SSSR count). The molecule has 0 unspecified atom stereocenters. The Labute approximate surface area is 108 Å². The quantitative estimate of drug-likeness (QED) is 0.860. The number of para-hydroxylation sites is 1. The van der Waals surface area contributed by atoms with E-state index < -0.39 is 6.10 Å². The van der Waals surface area contributed by atoms with Gasteiger partial charge in [0, 0.05) is 44.4 Å². The molecule has 1 amide bonds. The van der Waals surface area contributed by atoms with E-state index in [9.17, 15) is 9.90 Å². The monoisotopic (exact) mass is 248 g/mol. The highest BCUT2D eigenvalue weighted by molar-refractivity contribution is 5.73. The summed E-state index contributed by atoms with van der Waals surface area (Å²) in [5, 5.41) is 9.78. The molecule has 1 saturated heterocycles. The van der Waals surface area contributed by atoms with Crippen LogP contribution in [0.1, 0.15) is 25.5 Å². The zero-order chi connectivity index (χ0) is 13.1. The van der Waals surface area contributed by atoms with Crippen LogP contribution in [0.4, 0.5) is 5.69 Å². The molecule has 0 spiro atoms. The van der Waals surface area contributed by atoms with Gasteiger partial charge in [0.05, 0.1) is 6.10 Å². The molecule has 98 valence electrons. The van der Waals surface area contributed by atoms with Crippen molar-refractivity contribution in [1.82, 2.24) is 4.90 Å². The lowest BCUT2D eigenvalue weighted by atomic mass is 10.1. The van der Waals surface area contributed by atoms with Crippen molar-refractivity contribution in [2.45, 2.75) is 20.0 Å². The normalized spacial score (nSPS) is 17.7. The third-order valence-corrected chi connectivity index (χ3v) is 3.45. The van der Waals surface area contributed by atoms with Crippen molar-refractivity contribution >= 4 is 11.6 Å². The fourth-order valence-electron chi connectivity index (χ4n) is 2.39. The molecule has 1 atom stereocenters. The van der Waals surface area contributed by atoms with Gasteiger partial charge in [0.2, 0.25) is 5.91 Å². The average molecular weight is 248 g/mol. The number of anilines is 1. The predicted molar refractivity (Wildman–Crippen MR) is 71.5 cm³/mol. The van der Waals surface area contributed by atoms with Crippen LogP contribution in [0.3, 0.4) is 0 Å². The highest BCUT2D eigenvalue weighted by Gasteiger charge is 2.21. The Balaban J connectivity index is 2.12. The van der Waals surface area contributed by atoms with Crippen molar-refractivity contribution < 1.29 is 9.90 Å². The molecule has 1 fully saturated rings. The molecule has 1 heterocycles. The van der Waals surface area contributed by atoms with Crippen LogP contribution in [0.5, 0.6) is 0 Å². The zero-order valence-corrected chi connectivity index (χ0v) is 11.0. The lowest BCUT2D eigenvalue weighted by Crippen LogP contribution is -2.48. The topological polar surface area (TPSA) is 43.8 Å². The summed E-state index contributed by atoms with van der Waals surface area (Å²) in [6, 6.07) is 7.92. The van der Waals surface area contributed by atoms with Crippen LogP contribution in [0.15, 0.2) is 24.3 Å². The summed E-state index contributed by atoms with van der Waals surface area (Å²) >= 11 is 0. The minimum absolute atomic E-state index is 0.137. The summed E-state index contributed by atoms with van der Waals surface area (Å²) in [6.07, 6.45) is -0.466. The van der Waals surface area contributed by atoms with Crippen LogP contribution >= 0.6 is 0 Å². The lowest BCUT2D eigenvalue weighted by Gasteiger charge is -2.36. The van der Waals surface area contributed by atoms with E-state index in [1.165, 1.54) is 0 Å². The maximum Gasteiger partial charge on any atom is 0.219 e. The first-order valence-electron chi connectivity index (χ1n) is 6.37. The molecule has 0 aliphatic carbocycles. The number of benzene rings is 1. The summed E-state index contributed by atoms with van der Waals surface area (Å²) in [4.78, 5) is 15.4. The van der Waals surface area contributed by atoms with Gasteiger partial charge in [-0.1, -0.05) is 18.2 Å². The average Bonchev–Trinajstić information content (AvgIpc) is 2.39. The van der Waals surface area contributed by atoms with E-state index in [1.54, 1.807) is 13.8 Å². The van der Waals surface area contributed by atoms with Crippen LogP contribution < -0.4 is 4.90 Å². The van der Waals surface area contributed by atoms with Crippen LogP contribution in [-0.4, -0.2) is 42.1 Å². The Bertz CT molecular complexity index is 424. The van der Waals surface area contributed by atoms with Gasteiger partial charge in [0.1, 0.15) is 0 Å². The van der Waals surface area contributed by atoms with Crippen LogP contribution in [0.2, 0.25) is 0 Å². The molecule has 0 aromatic heterocycles. The van der Waals surface area contributed by atoms with E-state index in [0.29, 0.717) is 0 Å². The van der Waals surface area contributed by atoms with Crippen molar-refractivity contribution in [3.05, 3.63) is 29.8 Å². The second kappa shape index (κ2) is 5.40. The summed E-state index contributed by atoms with van der Waals surface area (Å²) in [5.74, 6) is 0.137. The Morgan fingerprint density at radius 2 is 1.83 bits per heavy atom. The largest absolute Gasteiger partial charge is 0.389 e. The molecule has 18 heavy (non-hydrogen) atoms. The molecule has 0 saturated carbocycles. The van der Waals surface area contributed by atoms with Gasteiger partial charge in [-0.15, -0.1) is 0 Å². The van der Waals surface area contributed by atoms with E-state index in [0.717, 1.165) is 37.4 Å². The maximum atomic E-state index is 11.3. The van der Waals surface area contributed by atoms with Gasteiger partial charge in [0.25, 0.3) is 0 Å². The molecule has 0 bridgehead atoms. The molecule has 1 aliphatic rings. The van der Waals surface area contributed by atoms with Gasteiger partial charge in [-0.25, -0.2) is 0 Å². The number of hydrogen-bond acceptors (Lipinski definition) is 3. The molecule has 1 N–H and O–H groups in total. The van der Waals surface area contributed by atoms with E-state index in [2.05, 4.69) is 4.90 Å².